The highest BCUT2D eigenvalue weighted by Crippen LogP contribution is 2.42. The molecule has 34 heavy (non-hydrogen) atoms. The summed E-state index contributed by atoms with van der Waals surface area (Å²) in [5.74, 6) is -3.61. The number of aromatic nitrogens is 3. The molecule has 3 heterocycles. The molecule has 2 aromatic heterocycles. The molecule has 4 nitrogen and oxygen atoms in total. The Bertz CT molecular complexity index is 1380. The highest BCUT2D eigenvalue weighted by atomic mass is 35.5. The summed E-state index contributed by atoms with van der Waals surface area (Å²) in [5, 5.41) is -0.0294. The monoisotopic (exact) mass is 498 g/mol. The topological polar surface area (TPSA) is 44.8 Å². The van der Waals surface area contributed by atoms with Crippen molar-refractivity contribution in [3.63, 3.8) is 0 Å². The van der Waals surface area contributed by atoms with Gasteiger partial charge in [-0.2, -0.15) is 13.2 Å². The maximum absolute atomic E-state index is 14.1. The van der Waals surface area contributed by atoms with E-state index in [0.29, 0.717) is 23.7 Å². The third kappa shape index (κ3) is 3.98. The van der Waals surface area contributed by atoms with Gasteiger partial charge in [0.1, 0.15) is 22.2 Å². The lowest BCUT2D eigenvalue weighted by Crippen LogP contribution is -2.43. The number of benzene rings is 2. The van der Waals surface area contributed by atoms with Gasteiger partial charge >= 0.3 is 6.18 Å². The second-order valence-corrected chi connectivity index (χ2v) is 8.70. The number of H-pyrrole nitrogens is 1. The number of rotatable bonds is 3. The molecule has 5 rings (SSSR count). The SMILES string of the molecule is Fc1ccc2nccc(C3CCN(C(c4nc5c(Cl)c(F)c(F)cc5[nH]4)C(F)(F)F)CC3)c2c1. The zero-order valence-corrected chi connectivity index (χ0v) is 18.2. The Kier molecular flexibility index (Phi) is 5.68. The molecule has 4 aromatic rings. The van der Waals surface area contributed by atoms with E-state index in [4.69, 9.17) is 11.6 Å². The molecule has 0 bridgehead atoms. The molecule has 1 aliphatic rings. The van der Waals surface area contributed by atoms with Crippen LogP contribution in [0.5, 0.6) is 0 Å². The van der Waals surface area contributed by atoms with Gasteiger partial charge in [0.15, 0.2) is 17.7 Å². The van der Waals surface area contributed by atoms with Gasteiger partial charge in [0.05, 0.1) is 11.0 Å². The fourth-order valence-electron chi connectivity index (χ4n) is 4.71. The van der Waals surface area contributed by atoms with Crippen molar-refractivity contribution in [3.8, 4) is 0 Å². The van der Waals surface area contributed by atoms with E-state index in [0.717, 1.165) is 11.6 Å². The number of fused-ring (bicyclic) bond motifs is 2. The lowest BCUT2D eigenvalue weighted by molar-refractivity contribution is -0.191. The maximum Gasteiger partial charge on any atom is 0.411 e. The minimum absolute atomic E-state index is 0.0780. The van der Waals surface area contributed by atoms with E-state index in [1.807, 2.05) is 0 Å². The quantitative estimate of drug-likeness (QED) is 0.253. The van der Waals surface area contributed by atoms with Crippen LogP contribution in [0.25, 0.3) is 21.9 Å². The summed E-state index contributed by atoms with van der Waals surface area (Å²) >= 11 is 5.77. The smallest absolute Gasteiger partial charge is 0.340 e. The van der Waals surface area contributed by atoms with Crippen LogP contribution >= 0.6 is 11.6 Å². The average molecular weight is 499 g/mol. The lowest BCUT2D eigenvalue weighted by Gasteiger charge is -2.37. The van der Waals surface area contributed by atoms with Crippen LogP contribution in [0.3, 0.4) is 0 Å². The van der Waals surface area contributed by atoms with E-state index in [1.54, 1.807) is 18.3 Å². The molecule has 0 amide bonds. The minimum Gasteiger partial charge on any atom is -0.340 e. The molecular weight excluding hydrogens is 482 g/mol. The maximum atomic E-state index is 14.1. The number of alkyl halides is 3. The van der Waals surface area contributed by atoms with Crippen molar-refractivity contribution in [1.82, 2.24) is 19.9 Å². The standard InChI is InChI=1S/C23H17ClF6N4/c24-18-19(27)15(26)10-17-20(18)33-22(32-17)21(23(28,29)30)34-7-4-11(5-8-34)13-3-6-31-16-2-1-12(25)9-14(13)16/h1-3,6,9-11,21H,4-5,7-8H2,(H,32,33). The molecular formula is C23H17ClF6N4. The number of hydrogen-bond donors (Lipinski definition) is 1. The number of pyridine rings is 1. The van der Waals surface area contributed by atoms with Crippen LogP contribution in [-0.2, 0) is 0 Å². The summed E-state index contributed by atoms with van der Waals surface area (Å²) in [5.41, 5.74) is 1.08. The van der Waals surface area contributed by atoms with Gasteiger partial charge in [0, 0.05) is 17.6 Å². The van der Waals surface area contributed by atoms with Crippen LogP contribution in [0.2, 0.25) is 5.02 Å². The van der Waals surface area contributed by atoms with Crippen molar-refractivity contribution < 1.29 is 26.3 Å². The van der Waals surface area contributed by atoms with E-state index in [1.165, 1.54) is 17.0 Å². The van der Waals surface area contributed by atoms with Crippen molar-refractivity contribution >= 4 is 33.5 Å². The first-order chi connectivity index (χ1) is 16.1. The van der Waals surface area contributed by atoms with E-state index in [9.17, 15) is 26.3 Å². The Morgan fingerprint density at radius 1 is 1.06 bits per heavy atom. The number of aromatic amines is 1. The Morgan fingerprint density at radius 3 is 2.50 bits per heavy atom. The number of nitrogens with one attached hydrogen (secondary N) is 1. The molecule has 1 atom stereocenters. The van der Waals surface area contributed by atoms with Crippen molar-refractivity contribution in [1.29, 1.82) is 0 Å². The first kappa shape index (κ1) is 22.9. The summed E-state index contributed by atoms with van der Waals surface area (Å²) in [7, 11) is 0. The van der Waals surface area contributed by atoms with Gasteiger partial charge in [0.25, 0.3) is 0 Å². The first-order valence-corrected chi connectivity index (χ1v) is 10.9. The highest BCUT2D eigenvalue weighted by Gasteiger charge is 2.47. The van der Waals surface area contributed by atoms with Crippen molar-refractivity contribution in [2.75, 3.05) is 13.1 Å². The lowest BCUT2D eigenvalue weighted by atomic mass is 9.87. The molecule has 0 aliphatic carbocycles. The second kappa shape index (κ2) is 8.42. The fraction of sp³-hybridized carbons (Fsp3) is 0.304. The fourth-order valence-corrected chi connectivity index (χ4v) is 4.94. The normalized spacial score (nSPS) is 17.0. The third-order valence-electron chi connectivity index (χ3n) is 6.27. The Morgan fingerprint density at radius 2 is 1.79 bits per heavy atom. The van der Waals surface area contributed by atoms with Gasteiger partial charge in [-0.15, -0.1) is 0 Å². The molecule has 0 saturated carbocycles. The molecule has 0 radical (unpaired) electrons. The molecule has 11 heteroatoms. The van der Waals surface area contributed by atoms with E-state index in [-0.39, 0.29) is 30.0 Å². The first-order valence-electron chi connectivity index (χ1n) is 10.5. The molecule has 0 spiro atoms. The summed E-state index contributed by atoms with van der Waals surface area (Å²) in [6.07, 6.45) is -2.30. The van der Waals surface area contributed by atoms with Gasteiger partial charge in [-0.25, -0.2) is 18.2 Å². The largest absolute Gasteiger partial charge is 0.411 e. The summed E-state index contributed by atoms with van der Waals surface area (Å²) < 4.78 is 83.6. The number of halogens is 7. The molecule has 2 aromatic carbocycles. The molecule has 1 N–H and O–H groups in total. The van der Waals surface area contributed by atoms with Gasteiger partial charge in [-0.1, -0.05) is 11.6 Å². The third-order valence-corrected chi connectivity index (χ3v) is 6.62. The zero-order chi connectivity index (χ0) is 24.2. The zero-order valence-electron chi connectivity index (χ0n) is 17.4. The Labute approximate surface area is 194 Å². The van der Waals surface area contributed by atoms with Crippen molar-refractivity contribution in [2.45, 2.75) is 31.0 Å². The number of nitrogens with zero attached hydrogens (tertiary/aromatic N) is 3. The number of piperidine rings is 1. The Hall–Kier alpha value is -2.85. The van der Waals surface area contributed by atoms with Crippen LogP contribution in [0, 0.1) is 17.5 Å². The predicted octanol–water partition coefficient (Wildman–Crippen LogP) is 6.66. The highest BCUT2D eigenvalue weighted by molar-refractivity contribution is 6.35. The van der Waals surface area contributed by atoms with E-state index < -0.39 is 40.5 Å². The summed E-state index contributed by atoms with van der Waals surface area (Å²) in [6, 6.07) is 4.68. The summed E-state index contributed by atoms with van der Waals surface area (Å²) in [4.78, 5) is 11.8. The van der Waals surface area contributed by atoms with Crippen LogP contribution in [0.1, 0.15) is 36.2 Å². The van der Waals surface area contributed by atoms with E-state index in [2.05, 4.69) is 15.0 Å². The molecule has 1 aliphatic heterocycles. The van der Waals surface area contributed by atoms with Crippen molar-refractivity contribution in [3.05, 3.63) is 70.4 Å². The van der Waals surface area contributed by atoms with Gasteiger partial charge in [-0.05, 0) is 61.7 Å². The average Bonchev–Trinajstić information content (AvgIpc) is 3.20. The number of hydrogen-bond acceptors (Lipinski definition) is 3. The number of likely N-dealkylation sites (tertiary alicyclic amines) is 1. The van der Waals surface area contributed by atoms with E-state index >= 15 is 0 Å². The minimum atomic E-state index is -4.70. The van der Waals surface area contributed by atoms with Crippen LogP contribution in [0.4, 0.5) is 26.3 Å². The van der Waals surface area contributed by atoms with Crippen LogP contribution < -0.4 is 0 Å². The Balaban J connectivity index is 1.44. The second-order valence-electron chi connectivity index (χ2n) is 8.32. The molecule has 1 fully saturated rings. The molecule has 178 valence electrons. The van der Waals surface area contributed by atoms with Crippen LogP contribution in [-0.4, -0.2) is 39.1 Å². The van der Waals surface area contributed by atoms with Crippen molar-refractivity contribution in [2.24, 2.45) is 0 Å². The van der Waals surface area contributed by atoms with Gasteiger partial charge in [0.2, 0.25) is 0 Å². The predicted molar refractivity (Wildman–Crippen MR) is 115 cm³/mol. The molecule has 1 unspecified atom stereocenters. The van der Waals surface area contributed by atoms with Gasteiger partial charge < -0.3 is 4.98 Å². The summed E-state index contributed by atoms with van der Waals surface area (Å²) in [6.45, 7) is 0.170. The van der Waals surface area contributed by atoms with Crippen LogP contribution in [0.15, 0.2) is 36.5 Å². The molecule has 1 saturated heterocycles. The van der Waals surface area contributed by atoms with Gasteiger partial charge in [-0.3, -0.25) is 9.88 Å². The number of imidazole rings is 1.